The first-order valence-electron chi connectivity index (χ1n) is 49.2. The minimum Gasteiger partial charge on any atom is -0.206 e. The van der Waals surface area contributed by atoms with Crippen LogP contribution < -0.4 is 18.3 Å². The number of aromatic nitrogens is 4. The average molecular weight is 1710 g/mol. The van der Waals surface area contributed by atoms with Gasteiger partial charge in [0.25, 0.3) is 0 Å². The zero-order chi connectivity index (χ0) is 89.0. The lowest BCUT2D eigenvalue weighted by atomic mass is 9.82. The summed E-state index contributed by atoms with van der Waals surface area (Å²) in [6.07, 6.45) is 22.9. The maximum atomic E-state index is 15.0. The SMILES string of the molecule is Cc1cc(-c2ccccc2)cc(-c2c3ccc(C4CC5CCC4C5)cc3cc(C)[n+]2C)c1C.Cc1cc(-c2ccccc2)ccc1-c1c2ccc(C3CC4CCC3C4)cc2cc(C)[n+]1C.Cc1cc(F)c(-c2ccccc2)cc1-c1c2ccc(C3CC4CCC3C4)cc2cc(C)[n+]1C.Cc1ccc(-c2ccccc2)cc1-c1c2ccc(C3CC4CCC3C4)cc2cc(C)[n+]1C. The molecule has 24 rings (SSSR count). The van der Waals surface area contributed by atoms with E-state index in [1.807, 2.05) is 43.3 Å². The number of halogens is 1. The number of benzene rings is 12. The van der Waals surface area contributed by atoms with Crippen molar-refractivity contribution in [3.63, 3.8) is 0 Å². The molecule has 8 bridgehead atoms. The van der Waals surface area contributed by atoms with Crippen LogP contribution in [0.5, 0.6) is 0 Å². The van der Waals surface area contributed by atoms with Crippen molar-refractivity contribution in [2.45, 2.75) is 189 Å². The number of aryl methyl sites for hydroxylation is 8. The van der Waals surface area contributed by atoms with Gasteiger partial charge in [0.15, 0.2) is 22.8 Å². The highest BCUT2D eigenvalue weighted by Gasteiger charge is 2.44. The van der Waals surface area contributed by atoms with Crippen LogP contribution in [0.15, 0.2) is 279 Å². The van der Waals surface area contributed by atoms with Gasteiger partial charge in [-0.15, -0.1) is 0 Å². The Bertz CT molecular complexity index is 7060. The molecule has 8 aliphatic carbocycles. The van der Waals surface area contributed by atoms with Crippen LogP contribution in [0.4, 0.5) is 4.39 Å². The summed E-state index contributed by atoms with van der Waals surface area (Å²) in [7, 11) is 8.76. The summed E-state index contributed by atoms with van der Waals surface area (Å²) in [5.41, 5.74) is 37.2. The second-order valence-electron chi connectivity index (χ2n) is 41.4. The van der Waals surface area contributed by atoms with Crippen molar-refractivity contribution in [1.29, 1.82) is 0 Å². The van der Waals surface area contributed by atoms with Gasteiger partial charge in [-0.3, -0.25) is 0 Å². The van der Waals surface area contributed by atoms with Crippen molar-refractivity contribution >= 4 is 43.1 Å². The topological polar surface area (TPSA) is 15.5 Å². The van der Waals surface area contributed by atoms with Crippen LogP contribution in [-0.2, 0) is 28.2 Å². The van der Waals surface area contributed by atoms with Gasteiger partial charge in [0.2, 0.25) is 22.8 Å². The molecule has 12 unspecified atom stereocenters. The van der Waals surface area contributed by atoms with Gasteiger partial charge in [0, 0.05) is 63.1 Å². The molecule has 4 nitrogen and oxygen atoms in total. The molecule has 0 aliphatic heterocycles. The van der Waals surface area contributed by atoms with Gasteiger partial charge in [-0.2, -0.15) is 18.3 Å². The summed E-state index contributed by atoms with van der Waals surface area (Å²) in [4.78, 5) is 0. The second-order valence-corrected chi connectivity index (χ2v) is 41.4. The fourth-order valence-electron chi connectivity index (χ4n) is 26.3. The number of rotatable bonds is 12. The van der Waals surface area contributed by atoms with Gasteiger partial charge in [0.05, 0.1) is 38.2 Å². The molecule has 16 aromatic rings. The number of nitrogens with zero attached hydrogens (tertiary/aromatic N) is 4. The van der Waals surface area contributed by atoms with Crippen LogP contribution in [0.2, 0.25) is 0 Å². The van der Waals surface area contributed by atoms with Gasteiger partial charge in [-0.05, 0) is 348 Å². The number of hydrogen-bond donors (Lipinski definition) is 0. The largest absolute Gasteiger partial charge is 0.220 e. The zero-order valence-electron chi connectivity index (χ0n) is 79.0. The lowest BCUT2D eigenvalue weighted by Crippen LogP contribution is -2.35. The predicted octanol–water partition coefficient (Wildman–Crippen LogP) is 30.5. The Morgan fingerprint density at radius 3 is 0.885 bits per heavy atom. The highest BCUT2D eigenvalue weighted by atomic mass is 19.1. The standard InChI is InChI=1S/C32H34N.C31H31FN.2C31H32N/c1-20-14-27(24-8-6-5-7-9-24)19-30(22(20)3)32-29-13-12-26(18-28(29)15-21(2)33(32)4)31-17-23-10-11-25(31)16-23;1-19-13-30(32)29(22-7-5-4-6-8-22)18-27(19)31-26-12-11-24(17-25(26)14-20(2)33(31)3)28-16-21-9-10-23(28)15-21;1-20-9-11-24(23-7-5-4-6-8-23)19-29(20)31-28-14-13-26(18-27(28)15-21(2)32(31)3)30-17-22-10-12-25(30)16-22;1-20-15-24(23-7-5-4-6-8-23)11-13-28(20)31-29-14-12-26(19-27(29)16-21(2)32(31)3)30-18-22-9-10-25(30)17-22/h5-9,12-15,18-19,23,25,31H,10-11,16-17H2,1-4H3;4-8,11-14,17-18,21,23,28H,9-10,15-16H2,1-3H3;4-9,11,13-15,18-19,22,25,30H,10,12,16-17H2,1-3H3;4-8,11-16,19,22,25,30H,9-10,17-18H2,1-3H3/q4*+1. The molecule has 4 aromatic heterocycles. The molecule has 130 heavy (non-hydrogen) atoms. The lowest BCUT2D eigenvalue weighted by Gasteiger charge is -2.22. The summed E-state index contributed by atoms with van der Waals surface area (Å²) in [6.45, 7) is 19.9. The monoisotopic (exact) mass is 1710 g/mol. The van der Waals surface area contributed by atoms with E-state index in [0.717, 1.165) is 87.7 Å². The van der Waals surface area contributed by atoms with Crippen molar-refractivity contribution in [2.75, 3.05) is 0 Å². The molecule has 5 heteroatoms. The molecular formula is C125H129FN4+4. The van der Waals surface area contributed by atoms with Crippen molar-refractivity contribution in [2.24, 2.45) is 75.5 Å². The summed E-state index contributed by atoms with van der Waals surface area (Å²) in [6, 6.07) is 103. The van der Waals surface area contributed by atoms with Gasteiger partial charge in [0.1, 0.15) is 34.0 Å². The van der Waals surface area contributed by atoms with E-state index in [0.29, 0.717) is 5.56 Å². The molecule has 0 spiro atoms. The Kier molecular flexibility index (Phi) is 23.0. The van der Waals surface area contributed by atoms with Gasteiger partial charge >= 0.3 is 0 Å². The predicted molar refractivity (Wildman–Crippen MR) is 539 cm³/mol. The van der Waals surface area contributed by atoms with Crippen LogP contribution in [0, 0.1) is 115 Å². The fraction of sp³-hybridized carbons (Fsp3) is 0.328. The zero-order valence-corrected chi connectivity index (χ0v) is 79.0. The van der Waals surface area contributed by atoms with E-state index < -0.39 is 0 Å². The van der Waals surface area contributed by atoms with Crippen LogP contribution in [0.25, 0.3) is 133 Å². The highest BCUT2D eigenvalue weighted by molar-refractivity contribution is 5.99. The Morgan fingerprint density at radius 1 is 0.223 bits per heavy atom. The molecular weight excluding hydrogens is 1580 g/mol. The van der Waals surface area contributed by atoms with Crippen molar-refractivity contribution in [1.82, 2.24) is 0 Å². The Hall–Kier alpha value is -11.8. The first-order chi connectivity index (χ1) is 63.1. The Labute approximate surface area is 772 Å². The molecule has 0 radical (unpaired) electrons. The van der Waals surface area contributed by atoms with Gasteiger partial charge in [-0.1, -0.05) is 226 Å². The van der Waals surface area contributed by atoms with E-state index in [1.54, 1.807) is 22.8 Å². The van der Waals surface area contributed by atoms with Crippen LogP contribution in [0.3, 0.4) is 0 Å². The number of pyridine rings is 4. The van der Waals surface area contributed by atoms with Gasteiger partial charge < -0.3 is 0 Å². The molecule has 8 saturated carbocycles. The van der Waals surface area contributed by atoms with Crippen LogP contribution >= 0.6 is 0 Å². The van der Waals surface area contributed by atoms with Crippen LogP contribution in [0.1, 0.15) is 199 Å². The maximum absolute atomic E-state index is 15.0. The van der Waals surface area contributed by atoms with E-state index in [1.165, 1.54) is 269 Å². The van der Waals surface area contributed by atoms with E-state index in [-0.39, 0.29) is 5.82 Å². The fourth-order valence-corrected chi connectivity index (χ4v) is 26.3. The van der Waals surface area contributed by atoms with E-state index in [4.69, 9.17) is 0 Å². The van der Waals surface area contributed by atoms with E-state index >= 15 is 4.39 Å². The third-order valence-corrected chi connectivity index (χ3v) is 33.8. The van der Waals surface area contributed by atoms with Crippen molar-refractivity contribution < 1.29 is 22.7 Å². The molecule has 12 aromatic carbocycles. The molecule has 8 fully saturated rings. The molecule has 4 heterocycles. The molecule has 12 atom stereocenters. The summed E-state index contributed by atoms with van der Waals surface area (Å²) in [5, 5.41) is 10.8. The molecule has 0 amide bonds. The second kappa shape index (κ2) is 35.1. The number of fused-ring (bicyclic) bond motifs is 12. The molecule has 0 N–H and O–H groups in total. The van der Waals surface area contributed by atoms with Crippen molar-refractivity contribution in [3.05, 3.63) is 358 Å². The third kappa shape index (κ3) is 16.0. The Balaban J connectivity index is 0.000000105. The number of hydrogen-bond acceptors (Lipinski definition) is 0. The first-order valence-corrected chi connectivity index (χ1v) is 49.2. The first kappa shape index (κ1) is 85.0. The van der Waals surface area contributed by atoms with E-state index in [9.17, 15) is 0 Å². The van der Waals surface area contributed by atoms with E-state index in [2.05, 4.69) is 338 Å². The molecule has 8 aliphatic rings. The lowest BCUT2D eigenvalue weighted by molar-refractivity contribution is -0.665. The Morgan fingerprint density at radius 2 is 0.531 bits per heavy atom. The normalized spacial score (nSPS) is 21.9. The summed E-state index contributed by atoms with van der Waals surface area (Å²) < 4.78 is 24.4. The minimum atomic E-state index is -0.166. The minimum absolute atomic E-state index is 0.166. The van der Waals surface area contributed by atoms with Crippen molar-refractivity contribution in [3.8, 4) is 89.5 Å². The van der Waals surface area contributed by atoms with Crippen LogP contribution in [-0.4, -0.2) is 0 Å². The third-order valence-electron chi connectivity index (χ3n) is 33.8. The quantitative estimate of drug-likeness (QED) is 0.108. The summed E-state index contributed by atoms with van der Waals surface area (Å²) >= 11 is 0. The molecule has 652 valence electrons. The summed E-state index contributed by atoms with van der Waals surface area (Å²) in [5.74, 6) is 10.4. The molecule has 0 saturated heterocycles. The maximum Gasteiger partial charge on any atom is 0.220 e. The highest BCUT2D eigenvalue weighted by Crippen LogP contribution is 2.58. The average Bonchev–Trinajstić information content (AvgIpc) is 1.08. The smallest absolute Gasteiger partial charge is 0.206 e. The van der Waals surface area contributed by atoms with Gasteiger partial charge in [-0.25, -0.2) is 4.39 Å².